The minimum Gasteiger partial charge on any atom is -0.444 e. The predicted molar refractivity (Wildman–Crippen MR) is 81.7 cm³/mol. The molecule has 0 radical (unpaired) electrons. The summed E-state index contributed by atoms with van der Waals surface area (Å²) >= 11 is 3.40. The Bertz CT molecular complexity index is 477. The fourth-order valence-corrected chi connectivity index (χ4v) is 2.69. The summed E-state index contributed by atoms with van der Waals surface area (Å²) in [5, 5.41) is 0. The van der Waals surface area contributed by atoms with Crippen LogP contribution in [-0.2, 0) is 4.74 Å². The first-order valence-electron chi connectivity index (χ1n) is 6.95. The number of nitrogens with zero attached hydrogens (tertiary/aromatic N) is 2. The molecule has 0 N–H and O–H groups in total. The standard InChI is InChI=1S/C15H21BrN2O2/c1-15(2,3)20-14(19)18-9-7-11(8-10-18)12-5-4-6-13(16)17-12/h4-6,11H,7-10H2,1-3H3. The number of piperidine rings is 1. The van der Waals surface area contributed by atoms with Crippen molar-refractivity contribution in [2.45, 2.75) is 45.1 Å². The molecule has 0 aliphatic carbocycles. The molecule has 1 aliphatic rings. The summed E-state index contributed by atoms with van der Waals surface area (Å²) < 4.78 is 6.27. The molecule has 0 spiro atoms. The zero-order valence-electron chi connectivity index (χ0n) is 12.2. The van der Waals surface area contributed by atoms with Crippen molar-refractivity contribution in [1.29, 1.82) is 0 Å². The van der Waals surface area contributed by atoms with E-state index >= 15 is 0 Å². The van der Waals surface area contributed by atoms with Crippen molar-refractivity contribution >= 4 is 22.0 Å². The van der Waals surface area contributed by atoms with Crippen molar-refractivity contribution in [2.24, 2.45) is 0 Å². The highest BCUT2D eigenvalue weighted by Crippen LogP contribution is 2.28. The summed E-state index contributed by atoms with van der Waals surface area (Å²) in [5.41, 5.74) is 0.669. The third kappa shape index (κ3) is 4.20. The van der Waals surface area contributed by atoms with Crippen LogP contribution in [-0.4, -0.2) is 34.7 Å². The molecule has 110 valence electrons. The summed E-state index contributed by atoms with van der Waals surface area (Å²) in [5.74, 6) is 0.422. The van der Waals surface area contributed by atoms with E-state index in [1.165, 1.54) is 0 Å². The van der Waals surface area contributed by atoms with E-state index < -0.39 is 5.60 Å². The van der Waals surface area contributed by atoms with Gasteiger partial charge in [0.05, 0.1) is 0 Å². The molecular formula is C15H21BrN2O2. The number of rotatable bonds is 1. The van der Waals surface area contributed by atoms with E-state index in [1.54, 1.807) is 4.90 Å². The number of halogens is 1. The van der Waals surface area contributed by atoms with Gasteiger partial charge in [-0.2, -0.15) is 0 Å². The maximum atomic E-state index is 12.0. The van der Waals surface area contributed by atoms with Gasteiger partial charge >= 0.3 is 6.09 Å². The summed E-state index contributed by atoms with van der Waals surface area (Å²) in [6.07, 6.45) is 1.66. The number of amides is 1. The first kappa shape index (κ1) is 15.3. The third-order valence-electron chi connectivity index (χ3n) is 3.30. The summed E-state index contributed by atoms with van der Waals surface area (Å²) in [7, 11) is 0. The number of aromatic nitrogens is 1. The molecule has 0 bridgehead atoms. The van der Waals surface area contributed by atoms with Crippen LogP contribution >= 0.6 is 15.9 Å². The molecule has 0 aromatic carbocycles. The average Bonchev–Trinajstić information content (AvgIpc) is 2.37. The van der Waals surface area contributed by atoms with Crippen LogP contribution in [0, 0.1) is 0 Å². The predicted octanol–water partition coefficient (Wildman–Crippen LogP) is 3.96. The molecular weight excluding hydrogens is 320 g/mol. The Morgan fingerprint density at radius 2 is 2.00 bits per heavy atom. The van der Waals surface area contributed by atoms with E-state index in [1.807, 2.05) is 32.9 Å². The Morgan fingerprint density at radius 3 is 2.55 bits per heavy atom. The summed E-state index contributed by atoms with van der Waals surface area (Å²) in [4.78, 5) is 18.3. The van der Waals surface area contributed by atoms with Crippen molar-refractivity contribution in [3.8, 4) is 0 Å². The number of ether oxygens (including phenoxy) is 1. The minimum atomic E-state index is -0.431. The number of hydrogen-bond donors (Lipinski definition) is 0. The maximum Gasteiger partial charge on any atom is 0.410 e. The summed E-state index contributed by atoms with van der Waals surface area (Å²) in [6, 6.07) is 5.99. The van der Waals surface area contributed by atoms with Crippen LogP contribution in [0.4, 0.5) is 4.79 Å². The zero-order chi connectivity index (χ0) is 14.8. The molecule has 1 fully saturated rings. The van der Waals surface area contributed by atoms with Crippen molar-refractivity contribution in [1.82, 2.24) is 9.88 Å². The Kier molecular flexibility index (Phi) is 4.68. The van der Waals surface area contributed by atoms with Crippen molar-refractivity contribution in [3.63, 3.8) is 0 Å². The molecule has 20 heavy (non-hydrogen) atoms. The van der Waals surface area contributed by atoms with Crippen LogP contribution < -0.4 is 0 Å². The third-order valence-corrected chi connectivity index (χ3v) is 3.74. The van der Waals surface area contributed by atoms with Gasteiger partial charge in [-0.25, -0.2) is 9.78 Å². The van der Waals surface area contributed by atoms with Gasteiger partial charge in [0.2, 0.25) is 0 Å². The van der Waals surface area contributed by atoms with E-state index in [-0.39, 0.29) is 6.09 Å². The Labute approximate surface area is 128 Å². The second-order valence-electron chi connectivity index (χ2n) is 6.13. The van der Waals surface area contributed by atoms with Gasteiger partial charge in [0.15, 0.2) is 0 Å². The van der Waals surface area contributed by atoms with Gasteiger partial charge in [-0.05, 0) is 61.7 Å². The van der Waals surface area contributed by atoms with Gasteiger partial charge in [0.1, 0.15) is 10.2 Å². The number of carbonyl (C=O) groups is 1. The Morgan fingerprint density at radius 1 is 1.35 bits per heavy atom. The maximum absolute atomic E-state index is 12.0. The minimum absolute atomic E-state index is 0.210. The van der Waals surface area contributed by atoms with Crippen LogP contribution in [0.5, 0.6) is 0 Å². The molecule has 0 saturated carbocycles. The quantitative estimate of drug-likeness (QED) is 0.726. The topological polar surface area (TPSA) is 42.4 Å². The second kappa shape index (κ2) is 6.12. The Hall–Kier alpha value is -1.10. The van der Waals surface area contributed by atoms with Crippen LogP contribution in [0.2, 0.25) is 0 Å². The molecule has 1 amide bonds. The lowest BCUT2D eigenvalue weighted by Crippen LogP contribution is -2.41. The van der Waals surface area contributed by atoms with Crippen molar-refractivity contribution in [3.05, 3.63) is 28.5 Å². The first-order valence-corrected chi connectivity index (χ1v) is 7.75. The highest BCUT2D eigenvalue weighted by atomic mass is 79.9. The monoisotopic (exact) mass is 340 g/mol. The molecule has 1 saturated heterocycles. The van der Waals surface area contributed by atoms with Gasteiger partial charge in [-0.15, -0.1) is 0 Å². The van der Waals surface area contributed by atoms with E-state index in [4.69, 9.17) is 4.74 Å². The molecule has 1 aliphatic heterocycles. The van der Waals surface area contributed by atoms with Crippen LogP contribution in [0.3, 0.4) is 0 Å². The lowest BCUT2D eigenvalue weighted by atomic mass is 9.93. The second-order valence-corrected chi connectivity index (χ2v) is 6.94. The average molecular weight is 341 g/mol. The molecule has 2 heterocycles. The SMILES string of the molecule is CC(C)(C)OC(=O)N1CCC(c2cccc(Br)n2)CC1. The normalized spacial score (nSPS) is 17.1. The molecule has 2 rings (SSSR count). The summed E-state index contributed by atoms with van der Waals surface area (Å²) in [6.45, 7) is 7.14. The highest BCUT2D eigenvalue weighted by Gasteiger charge is 2.27. The van der Waals surface area contributed by atoms with E-state index in [2.05, 4.69) is 27.0 Å². The fourth-order valence-electron chi connectivity index (χ4n) is 2.34. The van der Waals surface area contributed by atoms with Crippen LogP contribution in [0.25, 0.3) is 0 Å². The number of hydrogen-bond acceptors (Lipinski definition) is 3. The molecule has 5 heteroatoms. The van der Waals surface area contributed by atoms with Crippen LogP contribution in [0.1, 0.15) is 45.2 Å². The van der Waals surface area contributed by atoms with Crippen molar-refractivity contribution < 1.29 is 9.53 Å². The number of likely N-dealkylation sites (tertiary alicyclic amines) is 1. The largest absolute Gasteiger partial charge is 0.444 e. The highest BCUT2D eigenvalue weighted by molar-refractivity contribution is 9.10. The first-order chi connectivity index (χ1) is 9.35. The van der Waals surface area contributed by atoms with Crippen LogP contribution in [0.15, 0.2) is 22.8 Å². The van der Waals surface area contributed by atoms with Crippen molar-refractivity contribution in [2.75, 3.05) is 13.1 Å². The van der Waals surface area contributed by atoms with Gasteiger partial charge < -0.3 is 9.64 Å². The number of pyridine rings is 1. The molecule has 4 nitrogen and oxygen atoms in total. The molecule has 1 aromatic rings. The van der Waals surface area contributed by atoms with Gasteiger partial charge in [-0.3, -0.25) is 0 Å². The van der Waals surface area contributed by atoms with Gasteiger partial charge in [-0.1, -0.05) is 6.07 Å². The van der Waals surface area contributed by atoms with E-state index in [0.29, 0.717) is 5.92 Å². The van der Waals surface area contributed by atoms with E-state index in [0.717, 1.165) is 36.2 Å². The van der Waals surface area contributed by atoms with E-state index in [9.17, 15) is 4.79 Å². The van der Waals surface area contributed by atoms with Gasteiger partial charge in [0, 0.05) is 24.7 Å². The zero-order valence-corrected chi connectivity index (χ0v) is 13.8. The lowest BCUT2D eigenvalue weighted by molar-refractivity contribution is 0.0204. The Balaban J connectivity index is 1.91. The lowest BCUT2D eigenvalue weighted by Gasteiger charge is -2.33. The smallest absolute Gasteiger partial charge is 0.410 e. The van der Waals surface area contributed by atoms with Gasteiger partial charge in [0.25, 0.3) is 0 Å². The molecule has 0 atom stereocenters. The number of carbonyl (C=O) groups excluding carboxylic acids is 1. The molecule has 1 aromatic heterocycles. The molecule has 0 unspecified atom stereocenters. The fraction of sp³-hybridized carbons (Fsp3) is 0.600.